The normalized spacial score (nSPS) is 13.6. The minimum Gasteiger partial charge on any atom is -0.352 e. The summed E-state index contributed by atoms with van der Waals surface area (Å²) in [5.74, 6) is -0.391. The van der Waals surface area contributed by atoms with E-state index in [1.165, 1.54) is 0 Å². The molecule has 2 atom stereocenters. The smallest absolute Gasteiger partial charge is 0.226 e. The number of nitrogens with two attached hydrogens (primary N) is 1. The van der Waals surface area contributed by atoms with Gasteiger partial charge in [-0.25, -0.2) is 0 Å². The van der Waals surface area contributed by atoms with E-state index in [9.17, 15) is 9.59 Å². The summed E-state index contributed by atoms with van der Waals surface area (Å²) < 4.78 is 0. The lowest BCUT2D eigenvalue weighted by molar-refractivity contribution is -0.125. The van der Waals surface area contributed by atoms with Crippen molar-refractivity contribution in [3.8, 4) is 0 Å². The van der Waals surface area contributed by atoms with E-state index in [0.29, 0.717) is 6.54 Å². The first kappa shape index (κ1) is 17.2. The molecule has 0 aliphatic rings. The Morgan fingerprint density at radius 2 is 1.81 bits per heavy atom. The summed E-state index contributed by atoms with van der Waals surface area (Å²) in [6, 6.07) is 7.27. The molecule has 116 valence electrons. The minimum absolute atomic E-state index is 0.0261. The molecule has 0 saturated carbocycles. The summed E-state index contributed by atoms with van der Waals surface area (Å²) in [4.78, 5) is 23.5. The average Bonchev–Trinajstić information content (AvgIpc) is 2.44. The van der Waals surface area contributed by atoms with E-state index in [4.69, 9.17) is 5.73 Å². The summed E-state index contributed by atoms with van der Waals surface area (Å²) in [6.07, 6.45) is 0. The fourth-order valence-electron chi connectivity index (χ4n) is 1.63. The Kier molecular flexibility index (Phi) is 6.37. The van der Waals surface area contributed by atoms with Gasteiger partial charge in [0.2, 0.25) is 11.8 Å². The quantitative estimate of drug-likeness (QED) is 0.748. The molecule has 0 aromatic heterocycles. The van der Waals surface area contributed by atoms with Crippen molar-refractivity contribution in [2.75, 3.05) is 5.32 Å². The Bertz CT molecular complexity index is 498. The van der Waals surface area contributed by atoms with Gasteiger partial charge in [0.05, 0.1) is 0 Å². The predicted molar refractivity (Wildman–Crippen MR) is 84.6 cm³/mol. The standard InChI is InChI=1S/C16H25N3O2/c1-10(2)15(20)19-14-7-5-6-13(8-14)9-18-16(21)11(3)12(4)17/h5-8,10-12H,9,17H2,1-4H3,(H,18,21)(H,19,20). The van der Waals surface area contributed by atoms with E-state index < -0.39 is 0 Å². The molecule has 5 nitrogen and oxygen atoms in total. The third-order valence-electron chi connectivity index (χ3n) is 3.39. The fourth-order valence-corrected chi connectivity index (χ4v) is 1.63. The van der Waals surface area contributed by atoms with Crippen LogP contribution in [-0.4, -0.2) is 17.9 Å². The van der Waals surface area contributed by atoms with Gasteiger partial charge in [-0.05, 0) is 24.6 Å². The topological polar surface area (TPSA) is 84.2 Å². The molecule has 21 heavy (non-hydrogen) atoms. The van der Waals surface area contributed by atoms with Crippen LogP contribution in [-0.2, 0) is 16.1 Å². The highest BCUT2D eigenvalue weighted by atomic mass is 16.2. The minimum atomic E-state index is -0.228. The lowest BCUT2D eigenvalue weighted by Crippen LogP contribution is -2.38. The molecule has 0 spiro atoms. The zero-order chi connectivity index (χ0) is 16.0. The third kappa shape index (κ3) is 5.55. The molecule has 0 aliphatic carbocycles. The van der Waals surface area contributed by atoms with Crippen LogP contribution in [0.3, 0.4) is 0 Å². The SMILES string of the molecule is CC(C)C(=O)Nc1cccc(CNC(=O)C(C)C(C)N)c1. The van der Waals surface area contributed by atoms with Crippen molar-refractivity contribution in [2.24, 2.45) is 17.6 Å². The fraction of sp³-hybridized carbons (Fsp3) is 0.500. The molecular weight excluding hydrogens is 266 g/mol. The van der Waals surface area contributed by atoms with Gasteiger partial charge in [-0.15, -0.1) is 0 Å². The highest BCUT2D eigenvalue weighted by molar-refractivity contribution is 5.92. The molecule has 2 unspecified atom stereocenters. The maximum absolute atomic E-state index is 11.8. The first-order chi connectivity index (χ1) is 9.81. The zero-order valence-corrected chi connectivity index (χ0v) is 13.1. The van der Waals surface area contributed by atoms with Crippen LogP contribution in [0.25, 0.3) is 0 Å². The van der Waals surface area contributed by atoms with Crippen molar-refractivity contribution in [3.63, 3.8) is 0 Å². The van der Waals surface area contributed by atoms with E-state index in [1.54, 1.807) is 6.92 Å². The summed E-state index contributed by atoms with van der Waals surface area (Å²) in [5, 5.41) is 5.69. The maximum atomic E-state index is 11.8. The van der Waals surface area contributed by atoms with Gasteiger partial charge in [0, 0.05) is 30.1 Å². The van der Waals surface area contributed by atoms with E-state index in [2.05, 4.69) is 10.6 Å². The number of rotatable bonds is 6. The summed E-state index contributed by atoms with van der Waals surface area (Å²) in [5.41, 5.74) is 7.37. The van der Waals surface area contributed by atoms with Crippen LogP contribution in [0.4, 0.5) is 5.69 Å². The number of carbonyl (C=O) groups is 2. The molecule has 0 radical (unpaired) electrons. The van der Waals surface area contributed by atoms with Gasteiger partial charge < -0.3 is 16.4 Å². The number of hydrogen-bond acceptors (Lipinski definition) is 3. The molecule has 2 amide bonds. The van der Waals surface area contributed by atoms with E-state index in [-0.39, 0.29) is 29.7 Å². The molecule has 0 heterocycles. The zero-order valence-electron chi connectivity index (χ0n) is 13.1. The molecule has 0 saturated heterocycles. The van der Waals surface area contributed by atoms with Crippen molar-refractivity contribution in [3.05, 3.63) is 29.8 Å². The van der Waals surface area contributed by atoms with Crippen LogP contribution in [0.2, 0.25) is 0 Å². The van der Waals surface area contributed by atoms with Crippen LogP contribution in [0, 0.1) is 11.8 Å². The Morgan fingerprint density at radius 3 is 2.38 bits per heavy atom. The Morgan fingerprint density at radius 1 is 1.14 bits per heavy atom. The molecule has 5 heteroatoms. The van der Waals surface area contributed by atoms with E-state index in [0.717, 1.165) is 11.3 Å². The highest BCUT2D eigenvalue weighted by Crippen LogP contribution is 2.12. The van der Waals surface area contributed by atoms with E-state index >= 15 is 0 Å². The average molecular weight is 291 g/mol. The number of amides is 2. The lowest BCUT2D eigenvalue weighted by atomic mass is 10.0. The van der Waals surface area contributed by atoms with Gasteiger partial charge in [0.25, 0.3) is 0 Å². The maximum Gasteiger partial charge on any atom is 0.226 e. The number of hydrogen-bond donors (Lipinski definition) is 3. The molecule has 4 N–H and O–H groups in total. The molecule has 0 fully saturated rings. The second-order valence-corrected chi connectivity index (χ2v) is 5.71. The largest absolute Gasteiger partial charge is 0.352 e. The van der Waals surface area contributed by atoms with Crippen molar-refractivity contribution < 1.29 is 9.59 Å². The summed E-state index contributed by atoms with van der Waals surface area (Å²) in [6.45, 7) is 7.72. The van der Waals surface area contributed by atoms with Gasteiger partial charge >= 0.3 is 0 Å². The third-order valence-corrected chi connectivity index (χ3v) is 3.39. The van der Waals surface area contributed by atoms with Gasteiger partial charge in [0.1, 0.15) is 0 Å². The van der Waals surface area contributed by atoms with Gasteiger partial charge in [-0.3, -0.25) is 9.59 Å². The lowest BCUT2D eigenvalue weighted by Gasteiger charge is -2.15. The Balaban J connectivity index is 2.61. The Labute approximate surface area is 126 Å². The van der Waals surface area contributed by atoms with Gasteiger partial charge in [-0.2, -0.15) is 0 Å². The molecule has 0 aliphatic heterocycles. The number of carbonyl (C=O) groups excluding carboxylic acids is 2. The van der Waals surface area contributed by atoms with E-state index in [1.807, 2.05) is 45.0 Å². The second kappa shape index (κ2) is 7.78. The molecule has 1 rings (SSSR count). The van der Waals surface area contributed by atoms with Crippen molar-refractivity contribution in [2.45, 2.75) is 40.3 Å². The number of anilines is 1. The van der Waals surface area contributed by atoms with Gasteiger partial charge in [-0.1, -0.05) is 32.9 Å². The van der Waals surface area contributed by atoms with Crippen LogP contribution >= 0.6 is 0 Å². The Hall–Kier alpha value is -1.88. The molecule has 0 bridgehead atoms. The number of nitrogens with one attached hydrogen (secondary N) is 2. The second-order valence-electron chi connectivity index (χ2n) is 5.71. The number of benzene rings is 1. The van der Waals surface area contributed by atoms with Crippen molar-refractivity contribution in [1.29, 1.82) is 0 Å². The summed E-state index contributed by atoms with van der Waals surface area (Å²) >= 11 is 0. The predicted octanol–water partition coefficient (Wildman–Crippen LogP) is 1.88. The van der Waals surface area contributed by atoms with Crippen LogP contribution in [0.1, 0.15) is 33.3 Å². The van der Waals surface area contributed by atoms with Crippen LogP contribution in [0.15, 0.2) is 24.3 Å². The van der Waals surface area contributed by atoms with Crippen LogP contribution < -0.4 is 16.4 Å². The monoisotopic (exact) mass is 291 g/mol. The molecule has 1 aromatic rings. The van der Waals surface area contributed by atoms with Crippen molar-refractivity contribution >= 4 is 17.5 Å². The molecule has 1 aromatic carbocycles. The first-order valence-corrected chi connectivity index (χ1v) is 7.24. The van der Waals surface area contributed by atoms with Crippen molar-refractivity contribution in [1.82, 2.24) is 5.32 Å². The first-order valence-electron chi connectivity index (χ1n) is 7.24. The molecular formula is C16H25N3O2. The van der Waals surface area contributed by atoms with Crippen LogP contribution in [0.5, 0.6) is 0 Å². The van der Waals surface area contributed by atoms with Gasteiger partial charge in [0.15, 0.2) is 0 Å². The summed E-state index contributed by atoms with van der Waals surface area (Å²) in [7, 11) is 0. The highest BCUT2D eigenvalue weighted by Gasteiger charge is 2.16.